The van der Waals surface area contributed by atoms with E-state index >= 15 is 0 Å². The van der Waals surface area contributed by atoms with Gasteiger partial charge in [-0.1, -0.05) is 43.8 Å². The molecule has 2 atom stereocenters. The monoisotopic (exact) mass is 318 g/mol. The van der Waals surface area contributed by atoms with E-state index in [2.05, 4.69) is 35.4 Å². The average molecular weight is 318 g/mol. The number of amides is 1. The molecule has 22 heavy (non-hydrogen) atoms. The van der Waals surface area contributed by atoms with Crippen molar-refractivity contribution in [3.63, 3.8) is 0 Å². The van der Waals surface area contributed by atoms with E-state index in [1.165, 1.54) is 17.3 Å². The normalized spacial score (nSPS) is 13.6. The number of hydrogen-bond donors (Lipinski definition) is 1. The number of aromatic nitrogens is 3. The molecule has 2 aromatic rings. The first-order valence-corrected chi connectivity index (χ1v) is 8.31. The highest BCUT2D eigenvalue weighted by Crippen LogP contribution is 2.28. The highest BCUT2D eigenvalue weighted by molar-refractivity contribution is 8.00. The average Bonchev–Trinajstić information content (AvgIpc) is 2.92. The number of anilines is 1. The van der Waals surface area contributed by atoms with Crippen LogP contribution in [0.1, 0.15) is 38.7 Å². The summed E-state index contributed by atoms with van der Waals surface area (Å²) in [7, 11) is 1.87. The Morgan fingerprint density at radius 2 is 2.09 bits per heavy atom. The number of hydrogen-bond acceptors (Lipinski definition) is 4. The zero-order valence-electron chi connectivity index (χ0n) is 13.4. The van der Waals surface area contributed by atoms with Gasteiger partial charge in [0.15, 0.2) is 5.16 Å². The Labute approximate surface area is 135 Å². The van der Waals surface area contributed by atoms with E-state index in [4.69, 9.17) is 0 Å². The van der Waals surface area contributed by atoms with Gasteiger partial charge in [-0.25, -0.2) is 0 Å². The molecule has 0 fully saturated rings. The third-order valence-electron chi connectivity index (χ3n) is 3.68. The minimum atomic E-state index is -0.243. The predicted octanol–water partition coefficient (Wildman–Crippen LogP) is 3.45. The number of benzene rings is 1. The van der Waals surface area contributed by atoms with Crippen molar-refractivity contribution in [3.8, 4) is 0 Å². The van der Waals surface area contributed by atoms with Crippen molar-refractivity contribution in [1.29, 1.82) is 0 Å². The van der Waals surface area contributed by atoms with Crippen molar-refractivity contribution in [1.82, 2.24) is 14.8 Å². The smallest absolute Gasteiger partial charge is 0.237 e. The molecule has 1 N–H and O–H groups in total. The zero-order valence-corrected chi connectivity index (χ0v) is 14.2. The largest absolute Gasteiger partial charge is 0.325 e. The second-order valence-electron chi connectivity index (χ2n) is 5.37. The van der Waals surface area contributed by atoms with Gasteiger partial charge in [0.1, 0.15) is 6.33 Å². The molecular formula is C16H22N4OS. The lowest BCUT2D eigenvalue weighted by atomic mass is 9.97. The molecule has 6 heteroatoms. The molecule has 0 aliphatic carbocycles. The van der Waals surface area contributed by atoms with Gasteiger partial charge in [-0.3, -0.25) is 4.79 Å². The van der Waals surface area contributed by atoms with Gasteiger partial charge in [0.25, 0.3) is 0 Å². The molecule has 1 amide bonds. The Kier molecular flexibility index (Phi) is 5.60. The van der Waals surface area contributed by atoms with Gasteiger partial charge in [0.2, 0.25) is 5.91 Å². The van der Waals surface area contributed by atoms with E-state index in [9.17, 15) is 4.79 Å². The second-order valence-corrected chi connectivity index (χ2v) is 6.68. The Morgan fingerprint density at radius 1 is 1.36 bits per heavy atom. The van der Waals surface area contributed by atoms with E-state index < -0.39 is 0 Å². The third-order valence-corrected chi connectivity index (χ3v) is 4.83. The van der Waals surface area contributed by atoms with Gasteiger partial charge in [0.05, 0.1) is 5.25 Å². The van der Waals surface area contributed by atoms with Crippen LogP contribution in [-0.4, -0.2) is 25.9 Å². The quantitative estimate of drug-likeness (QED) is 0.829. The Bertz CT molecular complexity index is 641. The third kappa shape index (κ3) is 3.88. The molecule has 118 valence electrons. The molecule has 0 spiro atoms. The van der Waals surface area contributed by atoms with Gasteiger partial charge >= 0.3 is 0 Å². The first kappa shape index (κ1) is 16.5. The topological polar surface area (TPSA) is 59.8 Å². The van der Waals surface area contributed by atoms with E-state index in [0.717, 1.165) is 17.3 Å². The van der Waals surface area contributed by atoms with Crippen molar-refractivity contribution < 1.29 is 4.79 Å². The molecule has 0 aliphatic rings. The summed E-state index contributed by atoms with van der Waals surface area (Å²) in [6.45, 7) is 6.19. The van der Waals surface area contributed by atoms with Crippen LogP contribution in [0.15, 0.2) is 35.7 Å². The van der Waals surface area contributed by atoms with E-state index in [1.54, 1.807) is 6.33 Å². The lowest BCUT2D eigenvalue weighted by Crippen LogP contribution is -2.23. The maximum absolute atomic E-state index is 12.4. The van der Waals surface area contributed by atoms with Crippen LogP contribution in [0.5, 0.6) is 0 Å². The summed E-state index contributed by atoms with van der Waals surface area (Å²) in [6, 6.07) is 7.99. The standard InChI is InChI=1S/C16H22N4OS/c1-5-11(2)13-8-6-7-9-14(13)18-15(21)12(3)22-16-19-17-10-20(16)4/h6-12H,5H2,1-4H3,(H,18,21)/t11-,12+/m0/s1. The first-order valence-electron chi connectivity index (χ1n) is 7.43. The minimum Gasteiger partial charge on any atom is -0.325 e. The second kappa shape index (κ2) is 7.45. The van der Waals surface area contributed by atoms with E-state index in [0.29, 0.717) is 5.92 Å². The Hall–Kier alpha value is -1.82. The number of nitrogens with one attached hydrogen (secondary N) is 1. The van der Waals surface area contributed by atoms with Gasteiger partial charge < -0.3 is 9.88 Å². The van der Waals surface area contributed by atoms with Crippen LogP contribution in [0, 0.1) is 0 Å². The first-order chi connectivity index (χ1) is 10.5. The lowest BCUT2D eigenvalue weighted by Gasteiger charge is -2.17. The zero-order chi connectivity index (χ0) is 16.1. The molecule has 0 unspecified atom stereocenters. The number of aryl methyl sites for hydroxylation is 1. The molecule has 0 bridgehead atoms. The Morgan fingerprint density at radius 3 is 2.73 bits per heavy atom. The summed E-state index contributed by atoms with van der Waals surface area (Å²) >= 11 is 1.40. The summed E-state index contributed by atoms with van der Waals surface area (Å²) in [5.74, 6) is 0.391. The van der Waals surface area contributed by atoms with Crippen molar-refractivity contribution in [2.75, 3.05) is 5.32 Å². The summed E-state index contributed by atoms with van der Waals surface area (Å²) in [6.07, 6.45) is 2.67. The molecule has 0 aliphatic heterocycles. The number of carbonyl (C=O) groups is 1. The fourth-order valence-electron chi connectivity index (χ4n) is 2.09. The molecule has 5 nitrogen and oxygen atoms in total. The van der Waals surface area contributed by atoms with E-state index in [-0.39, 0.29) is 11.2 Å². The van der Waals surface area contributed by atoms with Crippen molar-refractivity contribution >= 4 is 23.4 Å². The predicted molar refractivity (Wildman–Crippen MR) is 90.1 cm³/mol. The summed E-state index contributed by atoms with van der Waals surface area (Å²) in [5.41, 5.74) is 2.07. The maximum Gasteiger partial charge on any atom is 0.237 e. The maximum atomic E-state index is 12.4. The summed E-state index contributed by atoms with van der Waals surface area (Å²) < 4.78 is 1.81. The molecule has 1 aromatic carbocycles. The van der Waals surface area contributed by atoms with Crippen LogP contribution in [0.3, 0.4) is 0 Å². The molecule has 0 radical (unpaired) electrons. The number of carbonyl (C=O) groups excluding carboxylic acids is 1. The molecule has 2 rings (SSSR count). The van der Waals surface area contributed by atoms with E-state index in [1.807, 2.05) is 36.7 Å². The Balaban J connectivity index is 2.07. The molecule has 1 aromatic heterocycles. The van der Waals surface area contributed by atoms with Gasteiger partial charge in [0, 0.05) is 12.7 Å². The molecule has 0 saturated carbocycles. The number of para-hydroxylation sites is 1. The van der Waals surface area contributed by atoms with Crippen LogP contribution in [-0.2, 0) is 11.8 Å². The van der Waals surface area contributed by atoms with Crippen molar-refractivity contribution in [2.24, 2.45) is 7.05 Å². The van der Waals surface area contributed by atoms with Crippen LogP contribution in [0.25, 0.3) is 0 Å². The minimum absolute atomic E-state index is 0.0243. The summed E-state index contributed by atoms with van der Waals surface area (Å²) in [4.78, 5) is 12.4. The van der Waals surface area contributed by atoms with Gasteiger partial charge in [-0.2, -0.15) is 0 Å². The van der Waals surface area contributed by atoms with Gasteiger partial charge in [-0.15, -0.1) is 10.2 Å². The van der Waals surface area contributed by atoms with Crippen molar-refractivity contribution in [3.05, 3.63) is 36.2 Å². The number of thioether (sulfide) groups is 1. The molecule has 0 saturated heterocycles. The number of nitrogens with zero attached hydrogens (tertiary/aromatic N) is 3. The lowest BCUT2D eigenvalue weighted by molar-refractivity contribution is -0.115. The number of rotatable bonds is 6. The molecule has 1 heterocycles. The van der Waals surface area contributed by atoms with Crippen molar-refractivity contribution in [2.45, 2.75) is 43.5 Å². The fourth-order valence-corrected chi connectivity index (χ4v) is 2.88. The van der Waals surface area contributed by atoms with Crippen LogP contribution >= 0.6 is 11.8 Å². The highest BCUT2D eigenvalue weighted by atomic mass is 32.2. The van der Waals surface area contributed by atoms with Crippen LogP contribution in [0.2, 0.25) is 0 Å². The molecular weight excluding hydrogens is 296 g/mol. The highest BCUT2D eigenvalue weighted by Gasteiger charge is 2.19. The van der Waals surface area contributed by atoms with Crippen LogP contribution in [0.4, 0.5) is 5.69 Å². The summed E-state index contributed by atoms with van der Waals surface area (Å²) in [5, 5.41) is 11.4. The van der Waals surface area contributed by atoms with Gasteiger partial charge in [-0.05, 0) is 30.9 Å². The SMILES string of the molecule is CC[C@H](C)c1ccccc1NC(=O)[C@@H](C)Sc1nncn1C. The fraction of sp³-hybridized carbons (Fsp3) is 0.438. The van der Waals surface area contributed by atoms with Crippen LogP contribution < -0.4 is 5.32 Å².